The van der Waals surface area contributed by atoms with Crippen molar-refractivity contribution in [3.05, 3.63) is 48.0 Å². The van der Waals surface area contributed by atoms with Crippen molar-refractivity contribution < 1.29 is 37.4 Å². The Bertz CT molecular complexity index is 1690. The molecule has 0 radical (unpaired) electrons. The van der Waals surface area contributed by atoms with Crippen LogP contribution in [0.4, 0.5) is 26.4 Å². The second-order valence-electron chi connectivity index (χ2n) is 12.2. The molecule has 1 aromatic heterocycles. The fourth-order valence-corrected chi connectivity index (χ4v) is 7.45. The second kappa shape index (κ2) is 11.7. The van der Waals surface area contributed by atoms with Crippen LogP contribution in [0.3, 0.4) is 0 Å². The molecule has 0 saturated carbocycles. The number of aryl methyl sites for hydroxylation is 1. The van der Waals surface area contributed by atoms with Crippen LogP contribution < -0.4 is 10.1 Å². The molecule has 12 nitrogen and oxygen atoms in total. The first-order valence-corrected chi connectivity index (χ1v) is 16.3. The van der Waals surface area contributed by atoms with E-state index in [1.165, 1.54) is 18.5 Å². The molecule has 3 aromatic rings. The van der Waals surface area contributed by atoms with Gasteiger partial charge in [0.1, 0.15) is 47.6 Å². The van der Waals surface area contributed by atoms with Crippen LogP contribution >= 0.6 is 0 Å². The van der Waals surface area contributed by atoms with Crippen LogP contribution in [-0.2, 0) is 23.9 Å². The molecule has 2 aromatic carbocycles. The first kappa shape index (κ1) is 30.4. The highest BCUT2D eigenvalue weighted by molar-refractivity contribution is 7.93. The van der Waals surface area contributed by atoms with E-state index in [0.29, 0.717) is 41.2 Å². The van der Waals surface area contributed by atoms with Gasteiger partial charge in [0, 0.05) is 36.0 Å². The summed E-state index contributed by atoms with van der Waals surface area (Å²) in [6.07, 6.45) is -1.20. The van der Waals surface area contributed by atoms with E-state index in [4.69, 9.17) is 18.9 Å². The van der Waals surface area contributed by atoms with Gasteiger partial charge in [0.15, 0.2) is 6.10 Å². The van der Waals surface area contributed by atoms with Crippen molar-refractivity contribution in [1.82, 2.24) is 14.9 Å². The molecule has 236 valence electrons. The van der Waals surface area contributed by atoms with E-state index in [9.17, 15) is 18.5 Å². The molecule has 3 aliphatic heterocycles. The fraction of sp³-hybridized carbons (Fsp3) is 0.500. The van der Waals surface area contributed by atoms with Crippen molar-refractivity contribution in [1.29, 1.82) is 0 Å². The van der Waals surface area contributed by atoms with Crippen molar-refractivity contribution >= 4 is 43.9 Å². The summed E-state index contributed by atoms with van der Waals surface area (Å²) in [5.74, 6) is 0.721. The summed E-state index contributed by atoms with van der Waals surface area (Å²) in [6, 6.07) is 7.73. The van der Waals surface area contributed by atoms with Gasteiger partial charge < -0.3 is 34.3 Å². The predicted molar refractivity (Wildman–Crippen MR) is 162 cm³/mol. The normalized spacial score (nSPS) is 24.6. The Morgan fingerprint density at radius 1 is 1.14 bits per heavy atom. The van der Waals surface area contributed by atoms with Crippen LogP contribution in [0, 0.1) is 12.7 Å². The number of benzene rings is 2. The van der Waals surface area contributed by atoms with E-state index in [0.717, 1.165) is 5.56 Å². The minimum atomic E-state index is -2.60. The standard InChI is InChI=1S/C30H36FN5O7S/c1-17-11-19(35-44(39)9-7-36(8-10-44)29(38)43-30(2,3)4)13-21-25(17)28(33-16-32-21)34-20-6-5-18(31)12-23(20)42-24-15-41-26-22(37)14-40-27(24)26/h5-6,11-13,16,22,24,26-27,37H,7-10,14-15H2,1-4H3,(H,32,33,34)/t22-,24-,26-,27-/m1/s1. The number of hydrogen-bond acceptors (Lipinski definition) is 11. The van der Waals surface area contributed by atoms with E-state index >= 15 is 0 Å². The van der Waals surface area contributed by atoms with E-state index in [1.54, 1.807) is 17.0 Å². The highest BCUT2D eigenvalue weighted by Gasteiger charge is 2.48. The highest BCUT2D eigenvalue weighted by atomic mass is 32.2. The number of nitrogens with zero attached hydrogens (tertiary/aromatic N) is 4. The summed E-state index contributed by atoms with van der Waals surface area (Å²) < 4.78 is 55.4. The molecule has 1 amide bonds. The number of aliphatic hydroxyl groups is 1. The molecule has 0 bridgehead atoms. The number of nitrogens with one attached hydrogen (secondary N) is 1. The summed E-state index contributed by atoms with van der Waals surface area (Å²) in [5, 5.41) is 14.0. The van der Waals surface area contributed by atoms with Crippen molar-refractivity contribution in [2.75, 3.05) is 43.1 Å². The summed E-state index contributed by atoms with van der Waals surface area (Å²) in [7, 11) is -2.60. The van der Waals surface area contributed by atoms with Gasteiger partial charge in [-0.2, -0.15) is 4.36 Å². The Kier molecular flexibility index (Phi) is 8.11. The van der Waals surface area contributed by atoms with Crippen molar-refractivity contribution in [2.24, 2.45) is 4.36 Å². The Morgan fingerprint density at radius 2 is 1.89 bits per heavy atom. The number of amides is 1. The lowest BCUT2D eigenvalue weighted by molar-refractivity contribution is 0.00871. The number of aliphatic hydroxyl groups excluding tert-OH is 1. The molecule has 4 atom stereocenters. The number of halogens is 1. The van der Waals surface area contributed by atoms with Gasteiger partial charge in [0.25, 0.3) is 0 Å². The maximum atomic E-state index is 14.3. The predicted octanol–water partition coefficient (Wildman–Crippen LogP) is 4.08. The summed E-state index contributed by atoms with van der Waals surface area (Å²) >= 11 is 0. The zero-order chi connectivity index (χ0) is 31.2. The smallest absolute Gasteiger partial charge is 0.410 e. The van der Waals surface area contributed by atoms with Crippen molar-refractivity contribution in [3.63, 3.8) is 0 Å². The van der Waals surface area contributed by atoms with Gasteiger partial charge in [-0.25, -0.2) is 23.4 Å². The lowest BCUT2D eigenvalue weighted by Gasteiger charge is -2.31. The largest absolute Gasteiger partial charge is 0.483 e. The molecule has 3 saturated heterocycles. The monoisotopic (exact) mass is 629 g/mol. The number of rotatable bonds is 5. The number of fused-ring (bicyclic) bond motifs is 2. The number of anilines is 2. The second-order valence-corrected chi connectivity index (χ2v) is 14.7. The number of aromatic nitrogens is 2. The molecule has 6 rings (SSSR count). The number of ether oxygens (including phenoxy) is 4. The molecule has 3 aliphatic rings. The first-order chi connectivity index (χ1) is 20.9. The number of carbonyl (C=O) groups is 1. The van der Waals surface area contributed by atoms with E-state index in [2.05, 4.69) is 19.6 Å². The average Bonchev–Trinajstić information content (AvgIpc) is 3.52. The average molecular weight is 630 g/mol. The Morgan fingerprint density at radius 3 is 2.64 bits per heavy atom. The Balaban J connectivity index is 1.22. The maximum Gasteiger partial charge on any atom is 0.410 e. The van der Waals surface area contributed by atoms with Gasteiger partial charge in [0.2, 0.25) is 0 Å². The molecule has 14 heteroatoms. The highest BCUT2D eigenvalue weighted by Crippen LogP contribution is 2.36. The topological polar surface area (TPSA) is 145 Å². The fourth-order valence-electron chi connectivity index (χ4n) is 5.57. The van der Waals surface area contributed by atoms with Crippen LogP contribution in [0.5, 0.6) is 5.75 Å². The molecule has 2 N–H and O–H groups in total. The first-order valence-electron chi connectivity index (χ1n) is 14.5. The molecule has 0 unspecified atom stereocenters. The van der Waals surface area contributed by atoms with Crippen molar-refractivity contribution in [3.8, 4) is 5.75 Å². The maximum absolute atomic E-state index is 14.3. The SMILES string of the molecule is Cc1cc(N=S2(=O)CCN(C(=O)OC(C)(C)C)CC2)cc2ncnc(Nc3ccc(F)cc3O[C@@H]3CO[C@H]4[C@@H]3OC[C@H]4O)c12. The molecule has 3 fully saturated rings. The van der Waals surface area contributed by atoms with Crippen LogP contribution in [-0.4, -0.2) is 98.1 Å². The van der Waals surface area contributed by atoms with Gasteiger partial charge in [-0.15, -0.1) is 0 Å². The molecule has 0 spiro atoms. The van der Waals surface area contributed by atoms with Gasteiger partial charge >= 0.3 is 6.09 Å². The zero-order valence-corrected chi connectivity index (χ0v) is 25.8. The molecule has 0 aliphatic carbocycles. The lowest BCUT2D eigenvalue weighted by Crippen LogP contribution is -2.45. The van der Waals surface area contributed by atoms with Crippen molar-refractivity contribution in [2.45, 2.75) is 57.7 Å². The Hall–Kier alpha value is -3.59. The van der Waals surface area contributed by atoms with Crippen LogP contribution in [0.1, 0.15) is 26.3 Å². The molecular weight excluding hydrogens is 593 g/mol. The van der Waals surface area contributed by atoms with Gasteiger partial charge in [-0.05, 0) is 57.5 Å². The molecule has 4 heterocycles. The summed E-state index contributed by atoms with van der Waals surface area (Å²) in [6.45, 7) is 8.26. The van der Waals surface area contributed by atoms with Crippen LogP contribution in [0.15, 0.2) is 41.0 Å². The summed E-state index contributed by atoms with van der Waals surface area (Å²) in [5.41, 5.74) is 1.77. The Labute approximate surface area is 255 Å². The molecule has 44 heavy (non-hydrogen) atoms. The van der Waals surface area contributed by atoms with E-state index in [-0.39, 0.29) is 30.5 Å². The van der Waals surface area contributed by atoms with Gasteiger partial charge in [-0.1, -0.05) is 0 Å². The van der Waals surface area contributed by atoms with E-state index in [1.807, 2.05) is 33.8 Å². The minimum absolute atomic E-state index is 0.156. The third-order valence-electron chi connectivity index (χ3n) is 7.66. The van der Waals surface area contributed by atoms with Gasteiger partial charge in [0.05, 0.1) is 39.8 Å². The number of hydrogen-bond donors (Lipinski definition) is 2. The van der Waals surface area contributed by atoms with Crippen LogP contribution in [0.2, 0.25) is 0 Å². The third kappa shape index (κ3) is 6.43. The number of carbonyl (C=O) groups excluding carboxylic acids is 1. The quantitative estimate of drug-likeness (QED) is 0.424. The van der Waals surface area contributed by atoms with Crippen LogP contribution in [0.25, 0.3) is 10.9 Å². The van der Waals surface area contributed by atoms with E-state index < -0.39 is 51.7 Å². The zero-order valence-electron chi connectivity index (χ0n) is 25.0. The lowest BCUT2D eigenvalue weighted by atomic mass is 10.1. The minimum Gasteiger partial charge on any atom is -0.483 e. The third-order valence-corrected chi connectivity index (χ3v) is 9.85. The van der Waals surface area contributed by atoms with Gasteiger partial charge in [-0.3, -0.25) is 0 Å². The summed E-state index contributed by atoms with van der Waals surface area (Å²) in [4.78, 5) is 22.9. The molecular formula is C30H36FN5O7S.